The molecule has 3 N–H and O–H groups in total. The standard InChI is InChI=1S/C6H13NO/c7-4-3-6(8)5-1-2-5/h5-6,8H,1-4,7H2/t6-/m0/s1. The summed E-state index contributed by atoms with van der Waals surface area (Å²) in [6, 6.07) is 0. The van der Waals surface area contributed by atoms with Gasteiger partial charge in [-0.3, -0.25) is 0 Å². The lowest BCUT2D eigenvalue weighted by Crippen LogP contribution is -2.14. The predicted molar refractivity (Wildman–Crippen MR) is 32.4 cm³/mol. The predicted octanol–water partition coefficient (Wildman–Crippen LogP) is 0.106. The van der Waals surface area contributed by atoms with Crippen molar-refractivity contribution in [3.8, 4) is 0 Å². The molecule has 2 nitrogen and oxygen atoms in total. The summed E-state index contributed by atoms with van der Waals surface area (Å²) in [5.74, 6) is 0.596. The molecule has 0 spiro atoms. The summed E-state index contributed by atoms with van der Waals surface area (Å²) in [5, 5.41) is 9.11. The molecule has 1 atom stereocenters. The maximum absolute atomic E-state index is 9.11. The number of hydrogen-bond donors (Lipinski definition) is 2. The van der Waals surface area contributed by atoms with Crippen LogP contribution in [0.2, 0.25) is 0 Å². The Morgan fingerprint density at radius 1 is 1.62 bits per heavy atom. The van der Waals surface area contributed by atoms with Gasteiger partial charge in [-0.1, -0.05) is 0 Å². The Kier molecular flexibility index (Phi) is 1.86. The molecular weight excluding hydrogens is 102 g/mol. The highest BCUT2D eigenvalue weighted by Gasteiger charge is 2.28. The van der Waals surface area contributed by atoms with E-state index < -0.39 is 0 Å². The lowest BCUT2D eigenvalue weighted by Gasteiger charge is -2.04. The number of nitrogens with two attached hydrogens (primary N) is 1. The first-order valence-electron chi connectivity index (χ1n) is 3.22. The summed E-state index contributed by atoms with van der Waals surface area (Å²) in [6.07, 6.45) is 3.10. The normalized spacial score (nSPS) is 23.2. The number of aliphatic hydroxyl groups is 1. The third-order valence-electron chi connectivity index (χ3n) is 1.63. The van der Waals surface area contributed by atoms with Gasteiger partial charge in [-0.05, 0) is 31.7 Å². The van der Waals surface area contributed by atoms with E-state index in [1.54, 1.807) is 0 Å². The van der Waals surface area contributed by atoms with Gasteiger partial charge in [0.1, 0.15) is 0 Å². The van der Waals surface area contributed by atoms with E-state index in [1.165, 1.54) is 12.8 Å². The second kappa shape index (κ2) is 2.46. The van der Waals surface area contributed by atoms with Crippen LogP contribution in [0.15, 0.2) is 0 Å². The van der Waals surface area contributed by atoms with Crippen LogP contribution < -0.4 is 5.73 Å². The van der Waals surface area contributed by atoms with Crippen molar-refractivity contribution in [1.82, 2.24) is 0 Å². The summed E-state index contributed by atoms with van der Waals surface area (Å²) in [4.78, 5) is 0. The molecule has 2 heteroatoms. The third-order valence-corrected chi connectivity index (χ3v) is 1.63. The number of hydrogen-bond acceptors (Lipinski definition) is 2. The molecule has 8 heavy (non-hydrogen) atoms. The first kappa shape index (κ1) is 6.05. The molecule has 0 amide bonds. The first-order chi connectivity index (χ1) is 3.84. The quantitative estimate of drug-likeness (QED) is 0.548. The third kappa shape index (κ3) is 1.46. The van der Waals surface area contributed by atoms with E-state index in [2.05, 4.69) is 0 Å². The first-order valence-corrected chi connectivity index (χ1v) is 3.22. The van der Waals surface area contributed by atoms with Crippen molar-refractivity contribution >= 4 is 0 Å². The molecule has 0 aromatic heterocycles. The molecule has 0 saturated heterocycles. The largest absolute Gasteiger partial charge is 0.393 e. The van der Waals surface area contributed by atoms with Crippen LogP contribution in [-0.2, 0) is 0 Å². The highest BCUT2D eigenvalue weighted by atomic mass is 16.3. The Morgan fingerprint density at radius 3 is 2.62 bits per heavy atom. The van der Waals surface area contributed by atoms with Crippen molar-refractivity contribution in [3.63, 3.8) is 0 Å². The smallest absolute Gasteiger partial charge is 0.0580 e. The average Bonchev–Trinajstić information content (AvgIpc) is 2.45. The van der Waals surface area contributed by atoms with Crippen LogP contribution >= 0.6 is 0 Å². The van der Waals surface area contributed by atoms with Crippen LogP contribution in [0.4, 0.5) is 0 Å². The average molecular weight is 115 g/mol. The molecule has 1 aliphatic carbocycles. The molecule has 1 aliphatic rings. The lowest BCUT2D eigenvalue weighted by molar-refractivity contribution is 0.144. The second-order valence-corrected chi connectivity index (χ2v) is 2.48. The van der Waals surface area contributed by atoms with Gasteiger partial charge in [-0.15, -0.1) is 0 Å². The highest BCUT2D eigenvalue weighted by Crippen LogP contribution is 2.33. The van der Waals surface area contributed by atoms with Gasteiger partial charge in [0.25, 0.3) is 0 Å². The monoisotopic (exact) mass is 115 g/mol. The van der Waals surface area contributed by atoms with Crippen molar-refractivity contribution in [2.24, 2.45) is 11.7 Å². The SMILES string of the molecule is NCC[C@H](O)C1CC1. The molecule has 1 saturated carbocycles. The van der Waals surface area contributed by atoms with Crippen LogP contribution in [0.1, 0.15) is 19.3 Å². The number of aliphatic hydroxyl groups excluding tert-OH is 1. The van der Waals surface area contributed by atoms with Crippen LogP contribution in [-0.4, -0.2) is 17.8 Å². The molecule has 0 bridgehead atoms. The summed E-state index contributed by atoms with van der Waals surface area (Å²) >= 11 is 0. The molecule has 0 radical (unpaired) electrons. The minimum absolute atomic E-state index is 0.0972. The maximum atomic E-state index is 9.11. The highest BCUT2D eigenvalue weighted by molar-refractivity contribution is 4.80. The van der Waals surface area contributed by atoms with Gasteiger partial charge >= 0.3 is 0 Å². The molecule has 0 unspecified atom stereocenters. The summed E-state index contributed by atoms with van der Waals surface area (Å²) in [5.41, 5.74) is 5.24. The molecule has 0 heterocycles. The van der Waals surface area contributed by atoms with Gasteiger partial charge in [0.2, 0.25) is 0 Å². The molecular formula is C6H13NO. The zero-order valence-electron chi connectivity index (χ0n) is 5.01. The van der Waals surface area contributed by atoms with Crippen molar-refractivity contribution in [3.05, 3.63) is 0 Å². The fourth-order valence-corrected chi connectivity index (χ4v) is 0.887. The summed E-state index contributed by atoms with van der Waals surface area (Å²) < 4.78 is 0. The van der Waals surface area contributed by atoms with E-state index in [0.29, 0.717) is 12.5 Å². The minimum atomic E-state index is -0.0972. The van der Waals surface area contributed by atoms with E-state index in [-0.39, 0.29) is 6.10 Å². The van der Waals surface area contributed by atoms with Gasteiger partial charge in [-0.25, -0.2) is 0 Å². The molecule has 0 aliphatic heterocycles. The van der Waals surface area contributed by atoms with Crippen LogP contribution in [0.3, 0.4) is 0 Å². The van der Waals surface area contributed by atoms with E-state index >= 15 is 0 Å². The Balaban J connectivity index is 2.03. The van der Waals surface area contributed by atoms with Crippen molar-refractivity contribution in [1.29, 1.82) is 0 Å². The summed E-state index contributed by atoms with van der Waals surface area (Å²) in [7, 11) is 0. The maximum Gasteiger partial charge on any atom is 0.0580 e. The van der Waals surface area contributed by atoms with Gasteiger partial charge in [0.05, 0.1) is 6.10 Å². The fourth-order valence-electron chi connectivity index (χ4n) is 0.887. The molecule has 0 aromatic rings. The van der Waals surface area contributed by atoms with Crippen molar-refractivity contribution in [2.45, 2.75) is 25.4 Å². The summed E-state index contributed by atoms with van der Waals surface area (Å²) in [6.45, 7) is 0.623. The van der Waals surface area contributed by atoms with Gasteiger partial charge in [0, 0.05) is 0 Å². The molecule has 1 rings (SSSR count). The van der Waals surface area contributed by atoms with Crippen molar-refractivity contribution < 1.29 is 5.11 Å². The van der Waals surface area contributed by atoms with E-state index in [0.717, 1.165) is 6.42 Å². The zero-order chi connectivity index (χ0) is 5.98. The molecule has 1 fully saturated rings. The Labute approximate surface area is 49.7 Å². The fraction of sp³-hybridized carbons (Fsp3) is 1.00. The van der Waals surface area contributed by atoms with Crippen LogP contribution in [0.25, 0.3) is 0 Å². The lowest BCUT2D eigenvalue weighted by atomic mass is 10.2. The Hall–Kier alpha value is -0.0800. The minimum Gasteiger partial charge on any atom is -0.393 e. The van der Waals surface area contributed by atoms with Gasteiger partial charge < -0.3 is 10.8 Å². The van der Waals surface area contributed by atoms with Crippen LogP contribution in [0.5, 0.6) is 0 Å². The van der Waals surface area contributed by atoms with Gasteiger partial charge in [0.15, 0.2) is 0 Å². The second-order valence-electron chi connectivity index (χ2n) is 2.48. The topological polar surface area (TPSA) is 46.2 Å². The van der Waals surface area contributed by atoms with E-state index in [4.69, 9.17) is 10.8 Å². The zero-order valence-corrected chi connectivity index (χ0v) is 5.01. The van der Waals surface area contributed by atoms with Gasteiger partial charge in [-0.2, -0.15) is 0 Å². The van der Waals surface area contributed by atoms with E-state index in [1.807, 2.05) is 0 Å². The van der Waals surface area contributed by atoms with Crippen LogP contribution in [0, 0.1) is 5.92 Å². The number of rotatable bonds is 3. The molecule has 48 valence electrons. The van der Waals surface area contributed by atoms with E-state index in [9.17, 15) is 0 Å². The molecule has 0 aromatic carbocycles. The Bertz CT molecular complexity index is 70.9. The Morgan fingerprint density at radius 2 is 2.25 bits per heavy atom. The van der Waals surface area contributed by atoms with Crippen molar-refractivity contribution in [2.75, 3.05) is 6.54 Å².